The largest absolute Gasteiger partial charge is 0.443 e. The van der Waals surface area contributed by atoms with Crippen molar-refractivity contribution in [1.82, 2.24) is 9.80 Å². The van der Waals surface area contributed by atoms with Gasteiger partial charge in [0.15, 0.2) is 6.10 Å². The first-order chi connectivity index (χ1) is 12.3. The topological polar surface area (TPSA) is 68.3 Å². The van der Waals surface area contributed by atoms with Gasteiger partial charge in [0.2, 0.25) is 0 Å². The summed E-state index contributed by atoms with van der Waals surface area (Å²) in [5.41, 5.74) is 0.177. The van der Waals surface area contributed by atoms with Crippen molar-refractivity contribution in [2.75, 3.05) is 32.8 Å². The summed E-state index contributed by atoms with van der Waals surface area (Å²) in [6.45, 7) is 8.65. The molecule has 2 heterocycles. The molecule has 7 nitrogen and oxygen atoms in total. The molecule has 2 amide bonds. The van der Waals surface area contributed by atoms with Crippen LogP contribution in [0.15, 0.2) is 30.3 Å². The lowest BCUT2D eigenvalue weighted by atomic mass is 10.0. The van der Waals surface area contributed by atoms with E-state index in [0.717, 1.165) is 23.6 Å². The average Bonchev–Trinajstić information content (AvgIpc) is 2.91. The lowest BCUT2D eigenvalue weighted by Crippen LogP contribution is -2.50. The number of amides is 2. The number of carbonyl (C=O) groups excluding carboxylic acids is 2. The fourth-order valence-corrected chi connectivity index (χ4v) is 3.19. The SMILES string of the molecule is CC(C)(C)OC(=O)N1C(=O)O[C@H](c2ccccc2)[C@H]1CN1CCOCC1. The molecule has 2 aliphatic rings. The van der Waals surface area contributed by atoms with E-state index in [0.29, 0.717) is 19.8 Å². The van der Waals surface area contributed by atoms with E-state index in [-0.39, 0.29) is 0 Å². The maximum atomic E-state index is 12.7. The molecule has 2 saturated heterocycles. The Morgan fingerprint density at radius 2 is 1.85 bits per heavy atom. The first-order valence-corrected chi connectivity index (χ1v) is 8.93. The van der Waals surface area contributed by atoms with Gasteiger partial charge in [0.05, 0.1) is 13.2 Å². The van der Waals surface area contributed by atoms with Gasteiger partial charge in [-0.2, -0.15) is 0 Å². The first-order valence-electron chi connectivity index (χ1n) is 8.93. The van der Waals surface area contributed by atoms with E-state index >= 15 is 0 Å². The Morgan fingerprint density at radius 3 is 2.46 bits per heavy atom. The second-order valence-electron chi connectivity index (χ2n) is 7.55. The summed E-state index contributed by atoms with van der Waals surface area (Å²) in [7, 11) is 0. The zero-order valence-corrected chi connectivity index (χ0v) is 15.5. The number of morpholine rings is 1. The second kappa shape index (κ2) is 7.63. The summed E-state index contributed by atoms with van der Waals surface area (Å²) in [5, 5.41) is 0. The van der Waals surface area contributed by atoms with E-state index in [9.17, 15) is 9.59 Å². The normalized spacial score (nSPS) is 24.4. The zero-order valence-electron chi connectivity index (χ0n) is 15.5. The molecule has 3 rings (SSSR count). The molecule has 1 aromatic rings. The number of carbonyl (C=O) groups is 2. The van der Waals surface area contributed by atoms with Crippen LogP contribution in [0.5, 0.6) is 0 Å². The molecule has 2 aliphatic heterocycles. The number of rotatable bonds is 3. The molecule has 0 aromatic heterocycles. The third-order valence-electron chi connectivity index (χ3n) is 4.37. The number of hydrogen-bond acceptors (Lipinski definition) is 6. The van der Waals surface area contributed by atoms with Crippen LogP contribution in [-0.4, -0.2) is 66.5 Å². The molecule has 142 valence electrons. The van der Waals surface area contributed by atoms with E-state index < -0.39 is 29.9 Å². The fourth-order valence-electron chi connectivity index (χ4n) is 3.19. The Kier molecular flexibility index (Phi) is 5.48. The van der Waals surface area contributed by atoms with E-state index in [2.05, 4.69) is 4.90 Å². The first kappa shape index (κ1) is 18.7. The van der Waals surface area contributed by atoms with Crippen LogP contribution in [0, 0.1) is 0 Å². The maximum Gasteiger partial charge on any atom is 0.420 e. The van der Waals surface area contributed by atoms with Crippen molar-refractivity contribution < 1.29 is 23.8 Å². The maximum absolute atomic E-state index is 12.7. The van der Waals surface area contributed by atoms with Crippen LogP contribution in [0.2, 0.25) is 0 Å². The lowest BCUT2D eigenvalue weighted by Gasteiger charge is -2.33. The molecular weight excluding hydrogens is 336 g/mol. The molecule has 2 fully saturated rings. The summed E-state index contributed by atoms with van der Waals surface area (Å²) in [4.78, 5) is 28.5. The number of imide groups is 1. The molecule has 0 unspecified atom stereocenters. The van der Waals surface area contributed by atoms with Crippen molar-refractivity contribution in [3.05, 3.63) is 35.9 Å². The Morgan fingerprint density at radius 1 is 1.19 bits per heavy atom. The van der Waals surface area contributed by atoms with Crippen molar-refractivity contribution in [3.63, 3.8) is 0 Å². The Bertz CT molecular complexity index is 637. The van der Waals surface area contributed by atoms with Gasteiger partial charge in [-0.15, -0.1) is 0 Å². The Labute approximate surface area is 153 Å². The van der Waals surface area contributed by atoms with Gasteiger partial charge in [0.25, 0.3) is 0 Å². The summed E-state index contributed by atoms with van der Waals surface area (Å²) < 4.78 is 16.4. The molecule has 0 aliphatic carbocycles. The second-order valence-corrected chi connectivity index (χ2v) is 7.55. The number of cyclic esters (lactones) is 1. The van der Waals surface area contributed by atoms with Crippen LogP contribution in [0.1, 0.15) is 32.4 Å². The summed E-state index contributed by atoms with van der Waals surface area (Å²) >= 11 is 0. The van der Waals surface area contributed by atoms with Gasteiger partial charge in [-0.1, -0.05) is 30.3 Å². The molecule has 0 bridgehead atoms. The third kappa shape index (κ3) is 4.34. The van der Waals surface area contributed by atoms with Crippen LogP contribution < -0.4 is 0 Å². The summed E-state index contributed by atoms with van der Waals surface area (Å²) in [5.74, 6) is 0. The summed E-state index contributed by atoms with van der Waals surface area (Å²) in [6.07, 6.45) is -1.84. The fraction of sp³-hybridized carbons (Fsp3) is 0.579. The summed E-state index contributed by atoms with van der Waals surface area (Å²) in [6, 6.07) is 9.06. The van der Waals surface area contributed by atoms with Crippen molar-refractivity contribution in [3.8, 4) is 0 Å². The van der Waals surface area contributed by atoms with Crippen LogP contribution >= 0.6 is 0 Å². The minimum absolute atomic E-state index is 0.446. The molecule has 0 radical (unpaired) electrons. The predicted octanol–water partition coefficient (Wildman–Crippen LogP) is 2.82. The van der Waals surface area contributed by atoms with E-state index in [4.69, 9.17) is 14.2 Å². The van der Waals surface area contributed by atoms with Crippen LogP contribution in [-0.2, 0) is 14.2 Å². The van der Waals surface area contributed by atoms with E-state index in [1.54, 1.807) is 20.8 Å². The molecular formula is C19H26N2O5. The van der Waals surface area contributed by atoms with E-state index in [1.165, 1.54) is 0 Å². The van der Waals surface area contributed by atoms with Crippen molar-refractivity contribution in [2.24, 2.45) is 0 Å². The molecule has 0 N–H and O–H groups in total. The third-order valence-corrected chi connectivity index (χ3v) is 4.37. The highest BCUT2D eigenvalue weighted by Gasteiger charge is 2.48. The Balaban J connectivity index is 1.85. The lowest BCUT2D eigenvalue weighted by molar-refractivity contribution is 0.0112. The Hall–Kier alpha value is -2.12. The van der Waals surface area contributed by atoms with Gasteiger partial charge in [-0.25, -0.2) is 14.5 Å². The monoisotopic (exact) mass is 362 g/mol. The smallest absolute Gasteiger partial charge is 0.420 e. The molecule has 26 heavy (non-hydrogen) atoms. The van der Waals surface area contributed by atoms with E-state index in [1.807, 2.05) is 30.3 Å². The number of nitrogens with zero attached hydrogens (tertiary/aromatic N) is 2. The van der Waals surface area contributed by atoms with Gasteiger partial charge in [0, 0.05) is 19.6 Å². The van der Waals surface area contributed by atoms with Gasteiger partial charge in [0.1, 0.15) is 11.6 Å². The molecule has 0 spiro atoms. The van der Waals surface area contributed by atoms with Crippen molar-refractivity contribution in [1.29, 1.82) is 0 Å². The highest BCUT2D eigenvalue weighted by atomic mass is 16.6. The molecule has 2 atom stereocenters. The van der Waals surface area contributed by atoms with Crippen LogP contribution in [0.4, 0.5) is 9.59 Å². The minimum atomic E-state index is -0.689. The number of benzene rings is 1. The highest BCUT2D eigenvalue weighted by molar-refractivity contribution is 5.90. The van der Waals surface area contributed by atoms with Crippen molar-refractivity contribution >= 4 is 12.2 Å². The van der Waals surface area contributed by atoms with Gasteiger partial charge in [-0.3, -0.25) is 4.90 Å². The molecule has 7 heteroatoms. The zero-order chi connectivity index (χ0) is 18.7. The van der Waals surface area contributed by atoms with Crippen molar-refractivity contribution in [2.45, 2.75) is 38.5 Å². The highest BCUT2D eigenvalue weighted by Crippen LogP contribution is 2.34. The predicted molar refractivity (Wildman–Crippen MR) is 94.8 cm³/mol. The quantitative estimate of drug-likeness (QED) is 0.824. The number of ether oxygens (including phenoxy) is 3. The average molecular weight is 362 g/mol. The van der Waals surface area contributed by atoms with Crippen LogP contribution in [0.25, 0.3) is 0 Å². The standard InChI is InChI=1S/C19H26N2O5/c1-19(2,3)26-18(23)21-15(13-20-9-11-24-12-10-20)16(25-17(21)22)14-7-5-4-6-8-14/h4-8,15-16H,9-13H2,1-3H3/t15-,16-/m1/s1. The van der Waals surface area contributed by atoms with Gasteiger partial charge >= 0.3 is 12.2 Å². The van der Waals surface area contributed by atoms with Gasteiger partial charge in [-0.05, 0) is 26.3 Å². The number of hydrogen-bond donors (Lipinski definition) is 0. The minimum Gasteiger partial charge on any atom is -0.443 e. The molecule has 0 saturated carbocycles. The van der Waals surface area contributed by atoms with Gasteiger partial charge < -0.3 is 14.2 Å². The molecule has 1 aromatic carbocycles. The van der Waals surface area contributed by atoms with Crippen LogP contribution in [0.3, 0.4) is 0 Å².